The zero-order chi connectivity index (χ0) is 24.1. The molecule has 0 bridgehead atoms. The standard InChI is InChI=1S/C25H37N3O6/c1-33-23(31)25-16-17(25)10-5-3-2-4-6-13-19(26-24(32)34-18-11-7-8-12-18)22(30)28-15-9-14-20(28)21(29)27-25/h5,10,17-20H,2-4,6-9,11-16H2,1H3,(H,26,32)(H,27,29)/b10-5-/t17?,19-,20-,25+/m0/s1. The van der Waals surface area contributed by atoms with Gasteiger partial charge in [-0.05, 0) is 64.2 Å². The van der Waals surface area contributed by atoms with Crippen molar-refractivity contribution >= 4 is 23.9 Å². The van der Waals surface area contributed by atoms with E-state index >= 15 is 0 Å². The summed E-state index contributed by atoms with van der Waals surface area (Å²) < 4.78 is 10.5. The Morgan fingerprint density at radius 1 is 1.06 bits per heavy atom. The molecule has 9 nitrogen and oxygen atoms in total. The quantitative estimate of drug-likeness (QED) is 0.479. The Balaban J connectivity index is 1.49. The van der Waals surface area contributed by atoms with Crippen LogP contribution in [0.15, 0.2) is 12.2 Å². The van der Waals surface area contributed by atoms with E-state index < -0.39 is 29.7 Å². The Labute approximate surface area is 201 Å². The van der Waals surface area contributed by atoms with Crippen LogP contribution in [0.2, 0.25) is 0 Å². The lowest BCUT2D eigenvalue weighted by Crippen LogP contribution is -2.56. The van der Waals surface area contributed by atoms with E-state index in [1.54, 1.807) is 4.90 Å². The maximum Gasteiger partial charge on any atom is 0.408 e. The number of allylic oxidation sites excluding steroid dienone is 1. The van der Waals surface area contributed by atoms with Gasteiger partial charge < -0.3 is 25.0 Å². The van der Waals surface area contributed by atoms with E-state index in [1.165, 1.54) is 7.11 Å². The van der Waals surface area contributed by atoms with Crippen LogP contribution in [-0.4, -0.2) is 66.2 Å². The maximum absolute atomic E-state index is 13.5. The third kappa shape index (κ3) is 5.39. The normalized spacial score (nSPS) is 33.6. The molecular weight excluding hydrogens is 438 g/mol. The van der Waals surface area contributed by atoms with Crippen LogP contribution in [0.5, 0.6) is 0 Å². The van der Waals surface area contributed by atoms with Gasteiger partial charge in [0.2, 0.25) is 11.8 Å². The Hall–Kier alpha value is -2.58. The zero-order valence-corrected chi connectivity index (χ0v) is 20.1. The minimum atomic E-state index is -1.05. The zero-order valence-electron chi connectivity index (χ0n) is 20.1. The number of nitrogens with zero attached hydrogens (tertiary/aromatic N) is 1. The average molecular weight is 476 g/mol. The van der Waals surface area contributed by atoms with Gasteiger partial charge in [-0.2, -0.15) is 0 Å². The second-order valence-corrected chi connectivity index (χ2v) is 10.0. The number of alkyl carbamates (subject to hydrolysis) is 1. The molecule has 9 heteroatoms. The molecule has 2 saturated carbocycles. The molecule has 4 aliphatic rings. The maximum atomic E-state index is 13.5. The van der Waals surface area contributed by atoms with Gasteiger partial charge >= 0.3 is 12.1 Å². The fourth-order valence-electron chi connectivity index (χ4n) is 5.58. The molecule has 2 aliphatic heterocycles. The summed E-state index contributed by atoms with van der Waals surface area (Å²) in [6.45, 7) is 0.446. The van der Waals surface area contributed by atoms with Gasteiger partial charge in [0.15, 0.2) is 0 Å². The summed E-state index contributed by atoms with van der Waals surface area (Å²) in [4.78, 5) is 53.4. The second kappa shape index (κ2) is 10.8. The van der Waals surface area contributed by atoms with Crippen LogP contribution in [0.25, 0.3) is 0 Å². The predicted molar refractivity (Wildman–Crippen MR) is 124 cm³/mol. The molecule has 0 aromatic carbocycles. The number of amides is 3. The summed E-state index contributed by atoms with van der Waals surface area (Å²) in [5.41, 5.74) is -1.05. The molecular formula is C25H37N3O6. The number of nitrogens with one attached hydrogen (secondary N) is 2. The van der Waals surface area contributed by atoms with Gasteiger partial charge in [0.25, 0.3) is 0 Å². The lowest BCUT2D eigenvalue weighted by atomic mass is 10.1. The topological polar surface area (TPSA) is 114 Å². The van der Waals surface area contributed by atoms with Gasteiger partial charge in [-0.25, -0.2) is 9.59 Å². The van der Waals surface area contributed by atoms with Crippen LogP contribution in [0, 0.1) is 5.92 Å². The highest BCUT2D eigenvalue weighted by molar-refractivity contribution is 5.96. The van der Waals surface area contributed by atoms with Crippen molar-refractivity contribution in [2.75, 3.05) is 13.7 Å². The number of methoxy groups -OCH3 is 1. The Bertz CT molecular complexity index is 823. The van der Waals surface area contributed by atoms with Crippen LogP contribution in [-0.2, 0) is 23.9 Å². The fourth-order valence-corrected chi connectivity index (χ4v) is 5.58. The van der Waals surface area contributed by atoms with Crippen molar-refractivity contribution in [3.63, 3.8) is 0 Å². The lowest BCUT2D eigenvalue weighted by Gasteiger charge is -2.30. The Morgan fingerprint density at radius 3 is 2.59 bits per heavy atom. The highest BCUT2D eigenvalue weighted by Crippen LogP contribution is 2.46. The predicted octanol–water partition coefficient (Wildman–Crippen LogP) is 2.58. The molecule has 2 N–H and O–H groups in total. The number of esters is 1. The van der Waals surface area contributed by atoms with Gasteiger partial charge in [0.1, 0.15) is 23.7 Å². The summed E-state index contributed by atoms with van der Waals surface area (Å²) in [5.74, 6) is -1.15. The first-order valence-corrected chi connectivity index (χ1v) is 12.8. The number of hydrogen-bond acceptors (Lipinski definition) is 6. The smallest absolute Gasteiger partial charge is 0.408 e. The minimum absolute atomic E-state index is 0.0875. The van der Waals surface area contributed by atoms with E-state index in [0.717, 1.165) is 51.4 Å². The summed E-state index contributed by atoms with van der Waals surface area (Å²) in [5, 5.41) is 5.71. The van der Waals surface area contributed by atoms with E-state index in [1.807, 2.05) is 6.08 Å². The Morgan fingerprint density at radius 2 is 1.82 bits per heavy atom. The van der Waals surface area contributed by atoms with Crippen LogP contribution < -0.4 is 10.6 Å². The molecule has 0 spiro atoms. The molecule has 1 unspecified atom stereocenters. The van der Waals surface area contributed by atoms with Gasteiger partial charge in [0.05, 0.1) is 7.11 Å². The van der Waals surface area contributed by atoms with Crippen molar-refractivity contribution in [2.24, 2.45) is 5.92 Å². The molecule has 0 aromatic heterocycles. The van der Waals surface area contributed by atoms with Crippen molar-refractivity contribution in [1.29, 1.82) is 0 Å². The largest absolute Gasteiger partial charge is 0.467 e. The number of fused-ring (bicyclic) bond motifs is 2. The summed E-state index contributed by atoms with van der Waals surface area (Å²) in [6.07, 6.45) is 12.9. The van der Waals surface area contributed by atoms with Gasteiger partial charge in [-0.1, -0.05) is 25.0 Å². The lowest BCUT2D eigenvalue weighted by molar-refractivity contribution is -0.148. The molecule has 1 saturated heterocycles. The molecule has 3 amide bonds. The van der Waals surface area contributed by atoms with Crippen LogP contribution in [0.1, 0.15) is 77.0 Å². The van der Waals surface area contributed by atoms with Crippen LogP contribution >= 0.6 is 0 Å². The molecule has 0 radical (unpaired) electrons. The molecule has 4 atom stereocenters. The van der Waals surface area contributed by atoms with Gasteiger partial charge in [0, 0.05) is 12.5 Å². The van der Waals surface area contributed by atoms with Crippen LogP contribution in [0.4, 0.5) is 4.79 Å². The van der Waals surface area contributed by atoms with Gasteiger partial charge in [-0.3, -0.25) is 9.59 Å². The number of carbonyl (C=O) groups is 4. The highest BCUT2D eigenvalue weighted by Gasteiger charge is 2.61. The van der Waals surface area contributed by atoms with Crippen molar-refractivity contribution < 1.29 is 28.7 Å². The monoisotopic (exact) mass is 475 g/mol. The van der Waals surface area contributed by atoms with Crippen molar-refractivity contribution in [3.05, 3.63) is 12.2 Å². The van der Waals surface area contributed by atoms with Gasteiger partial charge in [-0.15, -0.1) is 0 Å². The SMILES string of the molecule is COC(=O)[C@@]12CC1/C=C\CCCCC[C@H](NC(=O)OC1CCCC1)C(=O)N1CCC[C@H]1C(=O)N2. The summed E-state index contributed by atoms with van der Waals surface area (Å²) in [7, 11) is 1.32. The molecule has 0 aromatic rings. The van der Waals surface area contributed by atoms with E-state index in [0.29, 0.717) is 32.2 Å². The fraction of sp³-hybridized carbons (Fsp3) is 0.760. The third-order valence-corrected chi connectivity index (χ3v) is 7.65. The third-order valence-electron chi connectivity index (χ3n) is 7.65. The molecule has 3 fully saturated rings. The number of hydrogen-bond donors (Lipinski definition) is 2. The van der Waals surface area contributed by atoms with E-state index in [4.69, 9.17) is 9.47 Å². The van der Waals surface area contributed by atoms with E-state index in [-0.39, 0.29) is 23.8 Å². The highest BCUT2D eigenvalue weighted by atomic mass is 16.6. The first-order valence-electron chi connectivity index (χ1n) is 12.8. The van der Waals surface area contributed by atoms with Crippen molar-refractivity contribution in [2.45, 2.75) is 101 Å². The first kappa shape index (κ1) is 24.5. The molecule has 188 valence electrons. The minimum Gasteiger partial charge on any atom is -0.467 e. The molecule has 2 aliphatic carbocycles. The second-order valence-electron chi connectivity index (χ2n) is 10.0. The van der Waals surface area contributed by atoms with E-state index in [2.05, 4.69) is 16.7 Å². The summed E-state index contributed by atoms with van der Waals surface area (Å²) in [6, 6.07) is -1.40. The van der Waals surface area contributed by atoms with Crippen LogP contribution in [0.3, 0.4) is 0 Å². The number of carbonyl (C=O) groups excluding carboxylic acids is 4. The molecule has 4 rings (SSSR count). The summed E-state index contributed by atoms with van der Waals surface area (Å²) >= 11 is 0. The molecule has 34 heavy (non-hydrogen) atoms. The Kier molecular flexibility index (Phi) is 7.78. The number of ether oxygens (including phenoxy) is 2. The first-order chi connectivity index (χ1) is 16.4. The number of rotatable bonds is 3. The van der Waals surface area contributed by atoms with Crippen molar-refractivity contribution in [3.8, 4) is 0 Å². The average Bonchev–Trinajstić information content (AvgIpc) is 3.18. The molecule has 2 heterocycles. The van der Waals surface area contributed by atoms with E-state index in [9.17, 15) is 19.2 Å². The van der Waals surface area contributed by atoms with Crippen molar-refractivity contribution in [1.82, 2.24) is 15.5 Å².